The number of aryl methyl sites for hydroxylation is 3. The van der Waals surface area contributed by atoms with Crippen molar-refractivity contribution < 1.29 is 4.79 Å². The number of rotatable bonds is 2. The van der Waals surface area contributed by atoms with Crippen molar-refractivity contribution in [1.29, 1.82) is 0 Å². The number of nitrogens with zero attached hydrogens (tertiary/aromatic N) is 3. The number of carbonyl (C=O) groups is 1. The number of anilines is 1. The lowest BCUT2D eigenvalue weighted by atomic mass is 10.1. The maximum atomic E-state index is 12.3. The Kier molecular flexibility index (Phi) is 3.17. The fraction of sp³-hybridized carbons (Fsp3) is 0.188. The predicted molar refractivity (Wildman–Crippen MR) is 82.4 cm³/mol. The van der Waals surface area contributed by atoms with Crippen molar-refractivity contribution in [3.8, 4) is 0 Å². The zero-order valence-corrected chi connectivity index (χ0v) is 12.2. The highest BCUT2D eigenvalue weighted by Gasteiger charge is 2.15. The summed E-state index contributed by atoms with van der Waals surface area (Å²) < 4.78 is 1.69. The molecule has 0 aliphatic carbocycles. The number of fused-ring (bicyclic) bond motifs is 1. The quantitative estimate of drug-likeness (QED) is 0.785. The maximum absolute atomic E-state index is 12.3. The summed E-state index contributed by atoms with van der Waals surface area (Å²) in [4.78, 5) is 16.8. The van der Waals surface area contributed by atoms with E-state index in [4.69, 9.17) is 0 Å². The van der Waals surface area contributed by atoms with Crippen LogP contribution in [0.25, 0.3) is 11.0 Å². The number of nitrogens with one attached hydrogen (secondary N) is 1. The van der Waals surface area contributed by atoms with Gasteiger partial charge in [-0.3, -0.25) is 4.79 Å². The third-order valence-electron chi connectivity index (χ3n) is 3.39. The molecule has 1 amide bonds. The summed E-state index contributed by atoms with van der Waals surface area (Å²) in [6.45, 7) is 3.94. The Morgan fingerprint density at radius 2 is 1.90 bits per heavy atom. The third kappa shape index (κ3) is 2.38. The summed E-state index contributed by atoms with van der Waals surface area (Å²) in [5.74, 6) is 0.377. The second-order valence-electron chi connectivity index (χ2n) is 5.07. The first kappa shape index (κ1) is 13.3. The van der Waals surface area contributed by atoms with E-state index in [1.54, 1.807) is 16.8 Å². The molecule has 0 radical (unpaired) electrons. The largest absolute Gasteiger partial charge is 0.304 e. The van der Waals surface area contributed by atoms with Gasteiger partial charge in [-0.15, -0.1) is 0 Å². The lowest BCUT2D eigenvalue weighted by Gasteiger charge is -2.04. The molecular weight excluding hydrogens is 264 g/mol. The SMILES string of the molecule is Cc1cc(C)c2c(NC(=O)c3ccccc3)nn(C)c2n1. The highest BCUT2D eigenvalue weighted by Crippen LogP contribution is 2.25. The molecule has 0 atom stereocenters. The van der Waals surface area contributed by atoms with E-state index < -0.39 is 0 Å². The zero-order chi connectivity index (χ0) is 15.0. The molecule has 3 aromatic rings. The van der Waals surface area contributed by atoms with E-state index in [-0.39, 0.29) is 5.91 Å². The van der Waals surface area contributed by atoms with Crippen molar-refractivity contribution in [2.75, 3.05) is 5.32 Å². The molecule has 0 saturated carbocycles. The summed E-state index contributed by atoms with van der Waals surface area (Å²) in [6, 6.07) is 11.1. The molecule has 3 rings (SSSR count). The fourth-order valence-corrected chi connectivity index (χ4v) is 2.45. The van der Waals surface area contributed by atoms with Crippen LogP contribution in [0.2, 0.25) is 0 Å². The van der Waals surface area contributed by atoms with Gasteiger partial charge in [0.15, 0.2) is 11.5 Å². The van der Waals surface area contributed by atoms with Gasteiger partial charge in [0.25, 0.3) is 5.91 Å². The molecule has 0 aliphatic rings. The van der Waals surface area contributed by atoms with Crippen molar-refractivity contribution in [2.24, 2.45) is 7.05 Å². The molecule has 2 aromatic heterocycles. The van der Waals surface area contributed by atoms with Crippen molar-refractivity contribution in [3.63, 3.8) is 0 Å². The number of aromatic nitrogens is 3. The summed E-state index contributed by atoms with van der Waals surface area (Å²) in [6.07, 6.45) is 0. The molecule has 0 fully saturated rings. The fourth-order valence-electron chi connectivity index (χ4n) is 2.45. The smallest absolute Gasteiger partial charge is 0.256 e. The Bertz CT molecular complexity index is 821. The van der Waals surface area contributed by atoms with Gasteiger partial charge in [-0.05, 0) is 37.6 Å². The van der Waals surface area contributed by atoms with E-state index in [0.29, 0.717) is 11.4 Å². The van der Waals surface area contributed by atoms with Crippen LogP contribution in [0.15, 0.2) is 36.4 Å². The molecular formula is C16H16N4O. The normalized spacial score (nSPS) is 10.8. The summed E-state index contributed by atoms with van der Waals surface area (Å²) >= 11 is 0. The molecule has 2 heterocycles. The van der Waals surface area contributed by atoms with Gasteiger partial charge in [-0.2, -0.15) is 5.10 Å². The van der Waals surface area contributed by atoms with Crippen LogP contribution in [0.3, 0.4) is 0 Å². The molecule has 106 valence electrons. The number of benzene rings is 1. The Morgan fingerprint density at radius 1 is 1.19 bits per heavy atom. The van der Waals surface area contributed by atoms with Gasteiger partial charge in [0.05, 0.1) is 5.39 Å². The van der Waals surface area contributed by atoms with Crippen molar-refractivity contribution in [2.45, 2.75) is 13.8 Å². The minimum atomic E-state index is -0.171. The lowest BCUT2D eigenvalue weighted by molar-refractivity contribution is 0.102. The lowest BCUT2D eigenvalue weighted by Crippen LogP contribution is -2.12. The topological polar surface area (TPSA) is 59.8 Å². The van der Waals surface area contributed by atoms with E-state index in [0.717, 1.165) is 22.3 Å². The highest BCUT2D eigenvalue weighted by molar-refractivity contribution is 6.08. The average molecular weight is 280 g/mol. The van der Waals surface area contributed by atoms with E-state index >= 15 is 0 Å². The van der Waals surface area contributed by atoms with Crippen LogP contribution in [0.4, 0.5) is 5.82 Å². The Hall–Kier alpha value is -2.69. The monoisotopic (exact) mass is 280 g/mol. The van der Waals surface area contributed by atoms with Gasteiger partial charge in [0, 0.05) is 18.3 Å². The Balaban J connectivity index is 2.04. The van der Waals surface area contributed by atoms with Crippen LogP contribution in [-0.4, -0.2) is 20.7 Å². The molecule has 0 unspecified atom stereocenters. The maximum Gasteiger partial charge on any atom is 0.256 e. The van der Waals surface area contributed by atoms with Crippen LogP contribution in [-0.2, 0) is 7.05 Å². The summed E-state index contributed by atoms with van der Waals surface area (Å²) in [5.41, 5.74) is 3.36. The number of hydrogen-bond acceptors (Lipinski definition) is 3. The van der Waals surface area contributed by atoms with Crippen LogP contribution in [0, 0.1) is 13.8 Å². The third-order valence-corrected chi connectivity index (χ3v) is 3.39. The first-order valence-electron chi connectivity index (χ1n) is 6.73. The standard InChI is InChI=1S/C16H16N4O/c1-10-9-11(2)17-15-13(10)14(19-20(15)3)18-16(21)12-7-5-4-6-8-12/h4-9H,1-3H3,(H,18,19,21). The second kappa shape index (κ2) is 5.01. The Morgan fingerprint density at radius 3 is 2.62 bits per heavy atom. The molecule has 5 nitrogen and oxygen atoms in total. The van der Waals surface area contributed by atoms with Gasteiger partial charge in [0.1, 0.15) is 0 Å². The van der Waals surface area contributed by atoms with Gasteiger partial charge in [0.2, 0.25) is 0 Å². The zero-order valence-electron chi connectivity index (χ0n) is 12.2. The molecule has 1 N–H and O–H groups in total. The molecule has 0 saturated heterocycles. The highest BCUT2D eigenvalue weighted by atomic mass is 16.1. The predicted octanol–water partition coefficient (Wildman–Crippen LogP) is 2.84. The second-order valence-corrected chi connectivity index (χ2v) is 5.07. The number of pyridine rings is 1. The molecule has 0 spiro atoms. The Labute approximate surface area is 122 Å². The molecule has 5 heteroatoms. The van der Waals surface area contributed by atoms with Gasteiger partial charge in [-0.1, -0.05) is 18.2 Å². The van der Waals surface area contributed by atoms with Crippen molar-refractivity contribution in [1.82, 2.24) is 14.8 Å². The van der Waals surface area contributed by atoms with Crippen LogP contribution in [0.1, 0.15) is 21.6 Å². The first-order valence-corrected chi connectivity index (χ1v) is 6.73. The van der Waals surface area contributed by atoms with Crippen molar-refractivity contribution >= 4 is 22.8 Å². The van der Waals surface area contributed by atoms with Crippen LogP contribution < -0.4 is 5.32 Å². The van der Waals surface area contributed by atoms with Crippen LogP contribution >= 0.6 is 0 Å². The van der Waals surface area contributed by atoms with E-state index in [2.05, 4.69) is 15.4 Å². The van der Waals surface area contributed by atoms with E-state index in [1.807, 2.05) is 45.2 Å². The molecule has 0 bridgehead atoms. The van der Waals surface area contributed by atoms with Gasteiger partial charge in [-0.25, -0.2) is 9.67 Å². The molecule has 0 aliphatic heterocycles. The first-order chi connectivity index (χ1) is 10.1. The minimum absolute atomic E-state index is 0.171. The number of carbonyl (C=O) groups excluding carboxylic acids is 1. The van der Waals surface area contributed by atoms with E-state index in [9.17, 15) is 4.79 Å². The average Bonchev–Trinajstić information content (AvgIpc) is 2.76. The van der Waals surface area contributed by atoms with Gasteiger partial charge >= 0.3 is 0 Å². The van der Waals surface area contributed by atoms with Crippen LogP contribution in [0.5, 0.6) is 0 Å². The molecule has 1 aromatic carbocycles. The number of amides is 1. The summed E-state index contributed by atoms with van der Waals surface area (Å²) in [5, 5.41) is 8.13. The summed E-state index contributed by atoms with van der Waals surface area (Å²) in [7, 11) is 1.83. The van der Waals surface area contributed by atoms with Gasteiger partial charge < -0.3 is 5.32 Å². The van der Waals surface area contributed by atoms with Crippen molar-refractivity contribution in [3.05, 3.63) is 53.2 Å². The minimum Gasteiger partial charge on any atom is -0.304 e. The molecule has 21 heavy (non-hydrogen) atoms. The number of hydrogen-bond donors (Lipinski definition) is 1. The van der Waals surface area contributed by atoms with E-state index in [1.165, 1.54) is 0 Å².